The number of rotatable bonds is 4. The second-order valence-electron chi connectivity index (χ2n) is 3.59. The van der Waals surface area contributed by atoms with E-state index in [0.29, 0.717) is 24.2 Å². The lowest BCUT2D eigenvalue weighted by Crippen LogP contribution is -2.31. The van der Waals surface area contributed by atoms with E-state index in [1.54, 1.807) is 17.9 Å². The summed E-state index contributed by atoms with van der Waals surface area (Å²) in [4.78, 5) is 13.7. The molecule has 1 aromatic carbocycles. The van der Waals surface area contributed by atoms with E-state index in [1.807, 2.05) is 6.92 Å². The summed E-state index contributed by atoms with van der Waals surface area (Å²) in [6.07, 6.45) is 1.68. The molecule has 0 radical (unpaired) electrons. The third kappa shape index (κ3) is 2.69. The lowest BCUT2D eigenvalue weighted by atomic mass is 10.1. The first-order chi connectivity index (χ1) is 7.60. The van der Waals surface area contributed by atoms with E-state index in [1.165, 1.54) is 18.2 Å². The van der Waals surface area contributed by atoms with Crippen molar-refractivity contribution in [2.75, 3.05) is 13.1 Å². The van der Waals surface area contributed by atoms with Gasteiger partial charge in [0.15, 0.2) is 0 Å². The van der Waals surface area contributed by atoms with Crippen LogP contribution in [0.5, 0.6) is 0 Å². The molecule has 0 saturated carbocycles. The van der Waals surface area contributed by atoms with Gasteiger partial charge in [-0.15, -0.1) is 6.58 Å². The Morgan fingerprint density at radius 1 is 1.56 bits per heavy atom. The molecule has 0 fully saturated rings. The molecule has 0 heterocycles. The van der Waals surface area contributed by atoms with Gasteiger partial charge in [0, 0.05) is 18.7 Å². The van der Waals surface area contributed by atoms with E-state index in [0.717, 1.165) is 0 Å². The van der Waals surface area contributed by atoms with Gasteiger partial charge in [-0.1, -0.05) is 6.08 Å². The normalized spacial score (nSPS) is 9.94. The van der Waals surface area contributed by atoms with E-state index in [9.17, 15) is 9.18 Å². The van der Waals surface area contributed by atoms with Crippen LogP contribution in [0.3, 0.4) is 0 Å². The van der Waals surface area contributed by atoms with Crippen LogP contribution in [-0.2, 0) is 0 Å². The Bertz CT molecular complexity index is 401. The van der Waals surface area contributed by atoms with Crippen molar-refractivity contribution in [1.29, 1.82) is 0 Å². The molecule has 0 N–H and O–H groups in total. The summed E-state index contributed by atoms with van der Waals surface area (Å²) in [6.45, 7) is 8.36. The first-order valence-corrected chi connectivity index (χ1v) is 5.26. The Morgan fingerprint density at radius 2 is 2.25 bits per heavy atom. The second-order valence-corrected chi connectivity index (χ2v) is 3.59. The standard InChI is InChI=1S/C13H16FNO/c1-4-8-15(5-2)13(16)12-7-6-11(14)9-10(12)3/h4,6-7,9H,1,5,8H2,2-3H3. The van der Waals surface area contributed by atoms with Gasteiger partial charge in [0.2, 0.25) is 0 Å². The number of carbonyl (C=O) groups excluding carboxylic acids is 1. The molecule has 16 heavy (non-hydrogen) atoms. The van der Waals surface area contributed by atoms with Crippen LogP contribution < -0.4 is 0 Å². The summed E-state index contributed by atoms with van der Waals surface area (Å²) >= 11 is 0. The lowest BCUT2D eigenvalue weighted by Gasteiger charge is -2.19. The topological polar surface area (TPSA) is 20.3 Å². The molecule has 1 aromatic rings. The van der Waals surface area contributed by atoms with E-state index in [2.05, 4.69) is 6.58 Å². The van der Waals surface area contributed by atoms with Crippen molar-refractivity contribution in [2.24, 2.45) is 0 Å². The van der Waals surface area contributed by atoms with Gasteiger partial charge < -0.3 is 4.90 Å². The van der Waals surface area contributed by atoms with Gasteiger partial charge in [-0.2, -0.15) is 0 Å². The predicted molar refractivity (Wildman–Crippen MR) is 62.9 cm³/mol. The maximum atomic E-state index is 12.9. The van der Waals surface area contributed by atoms with E-state index < -0.39 is 0 Å². The predicted octanol–water partition coefficient (Wildman–Crippen LogP) is 2.78. The highest BCUT2D eigenvalue weighted by Gasteiger charge is 2.15. The van der Waals surface area contributed by atoms with Crippen molar-refractivity contribution in [2.45, 2.75) is 13.8 Å². The number of nitrogens with zero attached hydrogens (tertiary/aromatic N) is 1. The van der Waals surface area contributed by atoms with Gasteiger partial charge in [-0.05, 0) is 37.6 Å². The highest BCUT2D eigenvalue weighted by molar-refractivity contribution is 5.95. The zero-order valence-corrected chi connectivity index (χ0v) is 9.66. The maximum absolute atomic E-state index is 12.9. The summed E-state index contributed by atoms with van der Waals surface area (Å²) in [5, 5.41) is 0. The third-order valence-electron chi connectivity index (χ3n) is 2.44. The van der Waals surface area contributed by atoms with Crippen molar-refractivity contribution in [3.63, 3.8) is 0 Å². The number of carbonyl (C=O) groups is 1. The first-order valence-electron chi connectivity index (χ1n) is 5.26. The molecule has 0 aliphatic heterocycles. The number of halogens is 1. The first kappa shape index (κ1) is 12.4. The van der Waals surface area contributed by atoms with Crippen molar-refractivity contribution >= 4 is 5.91 Å². The highest BCUT2D eigenvalue weighted by atomic mass is 19.1. The Kier molecular flexibility index (Phi) is 4.23. The molecule has 0 aliphatic carbocycles. The monoisotopic (exact) mass is 221 g/mol. The number of likely N-dealkylation sites (N-methyl/N-ethyl adjacent to an activating group) is 1. The summed E-state index contributed by atoms with van der Waals surface area (Å²) in [7, 11) is 0. The average Bonchev–Trinajstić information content (AvgIpc) is 2.25. The summed E-state index contributed by atoms with van der Waals surface area (Å²) < 4.78 is 12.9. The fourth-order valence-corrected chi connectivity index (χ4v) is 1.55. The molecule has 1 amide bonds. The van der Waals surface area contributed by atoms with E-state index in [4.69, 9.17) is 0 Å². The largest absolute Gasteiger partial charge is 0.335 e. The fraction of sp³-hybridized carbons (Fsp3) is 0.308. The van der Waals surface area contributed by atoms with E-state index >= 15 is 0 Å². The summed E-state index contributed by atoms with van der Waals surface area (Å²) in [5.74, 6) is -0.402. The SMILES string of the molecule is C=CCN(CC)C(=O)c1ccc(F)cc1C. The number of benzene rings is 1. The zero-order valence-electron chi connectivity index (χ0n) is 9.66. The minimum Gasteiger partial charge on any atom is -0.335 e. The molecule has 0 aliphatic rings. The molecule has 3 heteroatoms. The summed E-state index contributed by atoms with van der Waals surface area (Å²) in [5.41, 5.74) is 1.21. The van der Waals surface area contributed by atoms with Gasteiger partial charge >= 0.3 is 0 Å². The maximum Gasteiger partial charge on any atom is 0.254 e. The molecule has 0 saturated heterocycles. The van der Waals surface area contributed by atoms with E-state index in [-0.39, 0.29) is 11.7 Å². The second kappa shape index (κ2) is 5.45. The van der Waals surface area contributed by atoms with Crippen LogP contribution in [0.1, 0.15) is 22.8 Å². The molecule has 0 spiro atoms. The molecule has 2 nitrogen and oxygen atoms in total. The van der Waals surface area contributed by atoms with Crippen LogP contribution in [-0.4, -0.2) is 23.9 Å². The number of hydrogen-bond acceptors (Lipinski definition) is 1. The minimum atomic E-state index is -0.319. The van der Waals surface area contributed by atoms with Gasteiger partial charge in [0.1, 0.15) is 5.82 Å². The van der Waals surface area contributed by atoms with Gasteiger partial charge in [-0.25, -0.2) is 4.39 Å². The number of amides is 1. The molecule has 0 atom stereocenters. The Balaban J connectivity index is 2.98. The summed E-state index contributed by atoms with van der Waals surface area (Å²) in [6, 6.07) is 4.20. The number of hydrogen-bond donors (Lipinski definition) is 0. The Labute approximate surface area is 95.4 Å². The number of aryl methyl sites for hydroxylation is 1. The minimum absolute atomic E-state index is 0.0834. The van der Waals surface area contributed by atoms with Crippen LogP contribution in [0, 0.1) is 12.7 Å². The van der Waals surface area contributed by atoms with Gasteiger partial charge in [0.25, 0.3) is 5.91 Å². The highest BCUT2D eigenvalue weighted by Crippen LogP contribution is 2.12. The smallest absolute Gasteiger partial charge is 0.254 e. The van der Waals surface area contributed by atoms with Gasteiger partial charge in [-0.3, -0.25) is 4.79 Å². The Morgan fingerprint density at radius 3 is 2.75 bits per heavy atom. The zero-order chi connectivity index (χ0) is 12.1. The Hall–Kier alpha value is -1.64. The molecule has 0 bridgehead atoms. The lowest BCUT2D eigenvalue weighted by molar-refractivity contribution is 0.0781. The van der Waals surface area contributed by atoms with Crippen molar-refractivity contribution in [3.8, 4) is 0 Å². The molecule has 0 unspecified atom stereocenters. The van der Waals surface area contributed by atoms with Crippen LogP contribution in [0.25, 0.3) is 0 Å². The third-order valence-corrected chi connectivity index (χ3v) is 2.44. The van der Waals surface area contributed by atoms with Crippen LogP contribution >= 0.6 is 0 Å². The van der Waals surface area contributed by atoms with Crippen molar-refractivity contribution in [1.82, 2.24) is 4.90 Å². The van der Waals surface area contributed by atoms with Gasteiger partial charge in [0.05, 0.1) is 0 Å². The molecular formula is C13H16FNO. The quantitative estimate of drug-likeness (QED) is 0.716. The average molecular weight is 221 g/mol. The van der Waals surface area contributed by atoms with Crippen molar-refractivity contribution in [3.05, 3.63) is 47.8 Å². The van der Waals surface area contributed by atoms with Crippen LogP contribution in [0.2, 0.25) is 0 Å². The van der Waals surface area contributed by atoms with Crippen molar-refractivity contribution < 1.29 is 9.18 Å². The fourth-order valence-electron chi connectivity index (χ4n) is 1.55. The molecule has 0 aromatic heterocycles. The van der Waals surface area contributed by atoms with Crippen LogP contribution in [0.15, 0.2) is 30.9 Å². The molecule has 1 rings (SSSR count). The molecular weight excluding hydrogens is 205 g/mol. The van der Waals surface area contributed by atoms with Crippen LogP contribution in [0.4, 0.5) is 4.39 Å². The molecule has 86 valence electrons.